The van der Waals surface area contributed by atoms with Crippen LogP contribution in [0.5, 0.6) is 0 Å². The van der Waals surface area contributed by atoms with Crippen LogP contribution in [0.1, 0.15) is 25.5 Å². The van der Waals surface area contributed by atoms with E-state index in [0.29, 0.717) is 31.2 Å². The van der Waals surface area contributed by atoms with Gasteiger partial charge in [0.2, 0.25) is 5.95 Å². The number of halogens is 3. The van der Waals surface area contributed by atoms with E-state index in [9.17, 15) is 13.2 Å². The first kappa shape index (κ1) is 17.3. The Balaban J connectivity index is 1.70. The van der Waals surface area contributed by atoms with Crippen LogP contribution < -0.4 is 4.90 Å². The molecule has 9 heteroatoms. The number of rotatable bonds is 3. The van der Waals surface area contributed by atoms with Gasteiger partial charge in [-0.2, -0.15) is 18.3 Å². The van der Waals surface area contributed by atoms with Crippen LogP contribution in [0.15, 0.2) is 18.5 Å². The van der Waals surface area contributed by atoms with Crippen molar-refractivity contribution in [3.63, 3.8) is 0 Å². The van der Waals surface area contributed by atoms with E-state index in [1.807, 2.05) is 11.8 Å². The average Bonchev–Trinajstić information content (AvgIpc) is 3.29. The molecule has 1 atom stereocenters. The summed E-state index contributed by atoms with van der Waals surface area (Å²) in [6.45, 7) is 5.80. The highest BCUT2D eigenvalue weighted by molar-refractivity contribution is 5.59. The fourth-order valence-electron chi connectivity index (χ4n) is 3.71. The molecule has 2 fully saturated rings. The molecule has 26 heavy (non-hydrogen) atoms. The summed E-state index contributed by atoms with van der Waals surface area (Å²) in [6.07, 6.45) is 0.962. The van der Waals surface area contributed by atoms with Crippen molar-refractivity contribution in [1.29, 1.82) is 0 Å². The molecule has 0 N–H and O–H groups in total. The first-order valence-electron chi connectivity index (χ1n) is 8.92. The summed E-state index contributed by atoms with van der Waals surface area (Å²) >= 11 is 0. The molecule has 0 saturated carbocycles. The molecule has 0 aromatic carbocycles. The zero-order valence-electron chi connectivity index (χ0n) is 14.6. The van der Waals surface area contributed by atoms with Crippen molar-refractivity contribution in [1.82, 2.24) is 24.6 Å². The van der Waals surface area contributed by atoms with Crippen molar-refractivity contribution in [3.05, 3.63) is 24.2 Å². The number of hydrogen-bond donors (Lipinski definition) is 0. The van der Waals surface area contributed by atoms with Crippen LogP contribution in [0, 0.1) is 0 Å². The van der Waals surface area contributed by atoms with Gasteiger partial charge in [0.15, 0.2) is 5.69 Å². The second kappa shape index (κ2) is 6.53. The highest BCUT2D eigenvalue weighted by Crippen LogP contribution is 2.32. The Morgan fingerprint density at radius 2 is 2.04 bits per heavy atom. The second-order valence-electron chi connectivity index (χ2n) is 6.80. The van der Waals surface area contributed by atoms with Crippen molar-refractivity contribution in [2.45, 2.75) is 38.5 Å². The summed E-state index contributed by atoms with van der Waals surface area (Å²) in [5.41, 5.74) is -0.0769. The summed E-state index contributed by atoms with van der Waals surface area (Å²) in [6, 6.07) is 1.39. The van der Waals surface area contributed by atoms with E-state index >= 15 is 0 Å². The molecule has 2 saturated heterocycles. The summed E-state index contributed by atoms with van der Waals surface area (Å²) in [5, 5.41) is 4.14. The highest BCUT2D eigenvalue weighted by Gasteiger charge is 2.36. The fraction of sp³-hybridized carbons (Fsp3) is 0.588. The summed E-state index contributed by atoms with van der Waals surface area (Å²) < 4.78 is 41.8. The van der Waals surface area contributed by atoms with Crippen LogP contribution in [-0.2, 0) is 12.7 Å². The van der Waals surface area contributed by atoms with Gasteiger partial charge in [0.05, 0.1) is 11.9 Å². The third-order valence-corrected chi connectivity index (χ3v) is 5.13. The maximum Gasteiger partial charge on any atom is 0.433 e. The molecule has 2 aliphatic rings. The number of alkyl halides is 3. The van der Waals surface area contributed by atoms with Crippen molar-refractivity contribution in [2.75, 3.05) is 31.1 Å². The monoisotopic (exact) mass is 366 g/mol. The SMILES string of the molecule is CCn1cc(-c2cc(C(F)(F)F)nc(N3CCN4CCCC4C3)n2)cn1. The zero-order chi connectivity index (χ0) is 18.3. The van der Waals surface area contributed by atoms with E-state index in [4.69, 9.17) is 0 Å². The average molecular weight is 366 g/mol. The molecule has 1 unspecified atom stereocenters. The van der Waals surface area contributed by atoms with Gasteiger partial charge in [-0.3, -0.25) is 9.58 Å². The lowest BCUT2D eigenvalue weighted by molar-refractivity contribution is -0.141. The van der Waals surface area contributed by atoms with Crippen molar-refractivity contribution in [2.24, 2.45) is 0 Å². The molecule has 0 amide bonds. The molecular weight excluding hydrogens is 345 g/mol. The van der Waals surface area contributed by atoms with Crippen molar-refractivity contribution >= 4 is 5.95 Å². The molecule has 0 bridgehead atoms. The first-order chi connectivity index (χ1) is 12.4. The van der Waals surface area contributed by atoms with Gasteiger partial charge < -0.3 is 4.90 Å². The maximum absolute atomic E-state index is 13.4. The first-order valence-corrected chi connectivity index (χ1v) is 8.92. The van der Waals surface area contributed by atoms with Gasteiger partial charge in [0, 0.05) is 44.0 Å². The van der Waals surface area contributed by atoms with E-state index < -0.39 is 11.9 Å². The molecule has 6 nitrogen and oxygen atoms in total. The normalized spacial score (nSPS) is 21.2. The van der Waals surface area contributed by atoms with Gasteiger partial charge in [-0.15, -0.1) is 0 Å². The predicted octanol–water partition coefficient (Wildman–Crippen LogP) is 2.66. The number of aryl methyl sites for hydroxylation is 1. The van der Waals surface area contributed by atoms with E-state index in [2.05, 4.69) is 20.0 Å². The quantitative estimate of drug-likeness (QED) is 0.836. The molecule has 4 heterocycles. The lowest BCUT2D eigenvalue weighted by atomic mass is 10.1. The molecular formula is C17H21F3N6. The molecule has 140 valence electrons. The minimum atomic E-state index is -4.51. The van der Waals surface area contributed by atoms with Gasteiger partial charge in [-0.1, -0.05) is 0 Å². The number of aromatic nitrogens is 4. The van der Waals surface area contributed by atoms with Crippen LogP contribution in [-0.4, -0.2) is 56.9 Å². The number of hydrogen-bond acceptors (Lipinski definition) is 5. The third kappa shape index (κ3) is 3.27. The van der Waals surface area contributed by atoms with Crippen LogP contribution in [0.4, 0.5) is 19.1 Å². The zero-order valence-corrected chi connectivity index (χ0v) is 14.6. The van der Waals surface area contributed by atoms with Gasteiger partial charge >= 0.3 is 6.18 Å². The standard InChI is InChI=1S/C17H21F3N6/c1-2-26-10-12(9-21-26)14-8-15(17(18,19)20)23-16(22-14)25-7-6-24-5-3-4-13(24)11-25/h8-10,13H,2-7,11H2,1H3. The Morgan fingerprint density at radius 3 is 2.77 bits per heavy atom. The Morgan fingerprint density at radius 1 is 1.19 bits per heavy atom. The minimum absolute atomic E-state index is 0.158. The van der Waals surface area contributed by atoms with Gasteiger partial charge in [-0.05, 0) is 32.4 Å². The molecule has 0 spiro atoms. The van der Waals surface area contributed by atoms with Gasteiger partial charge in [-0.25, -0.2) is 9.97 Å². The molecule has 4 rings (SSSR count). The number of piperazine rings is 1. The number of fused-ring (bicyclic) bond motifs is 1. The van der Waals surface area contributed by atoms with E-state index in [-0.39, 0.29) is 11.6 Å². The predicted molar refractivity (Wildman–Crippen MR) is 90.7 cm³/mol. The molecule has 2 aliphatic heterocycles. The summed E-state index contributed by atoms with van der Waals surface area (Å²) in [7, 11) is 0. The molecule has 0 radical (unpaired) electrons. The third-order valence-electron chi connectivity index (χ3n) is 5.13. The van der Waals surface area contributed by atoms with Crippen LogP contribution >= 0.6 is 0 Å². The van der Waals surface area contributed by atoms with Crippen LogP contribution in [0.3, 0.4) is 0 Å². The van der Waals surface area contributed by atoms with Crippen molar-refractivity contribution < 1.29 is 13.2 Å². The topological polar surface area (TPSA) is 50.1 Å². The Hall–Kier alpha value is -2.16. The highest BCUT2D eigenvalue weighted by atomic mass is 19.4. The number of nitrogens with zero attached hydrogens (tertiary/aromatic N) is 6. The summed E-state index contributed by atoms with van der Waals surface area (Å²) in [5.74, 6) is 0.158. The fourth-order valence-corrected chi connectivity index (χ4v) is 3.71. The van der Waals surface area contributed by atoms with Crippen LogP contribution in [0.25, 0.3) is 11.3 Å². The van der Waals surface area contributed by atoms with E-state index in [1.165, 1.54) is 0 Å². The molecule has 2 aromatic rings. The Labute approximate surface area is 149 Å². The Kier molecular flexibility index (Phi) is 4.34. The van der Waals surface area contributed by atoms with Gasteiger partial charge in [0.1, 0.15) is 0 Å². The smallest absolute Gasteiger partial charge is 0.338 e. The van der Waals surface area contributed by atoms with E-state index in [0.717, 1.165) is 32.0 Å². The van der Waals surface area contributed by atoms with Crippen LogP contribution in [0.2, 0.25) is 0 Å². The van der Waals surface area contributed by atoms with Crippen molar-refractivity contribution in [3.8, 4) is 11.3 Å². The molecule has 0 aliphatic carbocycles. The minimum Gasteiger partial charge on any atom is -0.338 e. The summed E-state index contributed by atoms with van der Waals surface area (Å²) in [4.78, 5) is 12.6. The lowest BCUT2D eigenvalue weighted by Crippen LogP contribution is -2.50. The Bertz CT molecular complexity index is 787. The number of anilines is 1. The van der Waals surface area contributed by atoms with E-state index in [1.54, 1.807) is 17.1 Å². The van der Waals surface area contributed by atoms with Gasteiger partial charge in [0.25, 0.3) is 0 Å². The largest absolute Gasteiger partial charge is 0.433 e. The molecule has 2 aromatic heterocycles. The second-order valence-corrected chi connectivity index (χ2v) is 6.80. The maximum atomic E-state index is 13.4. The lowest BCUT2D eigenvalue weighted by Gasteiger charge is -2.37.